The van der Waals surface area contributed by atoms with E-state index in [9.17, 15) is 9.59 Å². The first-order valence-electron chi connectivity index (χ1n) is 3.20. The first-order valence-corrected chi connectivity index (χ1v) is 3.20. The summed E-state index contributed by atoms with van der Waals surface area (Å²) in [5.74, 6) is -0.215. The van der Waals surface area contributed by atoms with Gasteiger partial charge in [-0.3, -0.25) is 9.69 Å². The molecule has 0 atom stereocenters. The molecule has 5 nitrogen and oxygen atoms in total. The van der Waals surface area contributed by atoms with Crippen LogP contribution in [0.1, 0.15) is 0 Å². The largest absolute Gasteiger partial charge is 0.405 e. The van der Waals surface area contributed by atoms with Crippen LogP contribution < -0.4 is 11.1 Å². The summed E-state index contributed by atoms with van der Waals surface area (Å²) < 4.78 is 0. The number of imide groups is 1. The average molecular weight is 155 g/mol. The Morgan fingerprint density at radius 2 is 2.36 bits per heavy atom. The van der Waals surface area contributed by atoms with E-state index in [1.54, 1.807) is 6.08 Å². The van der Waals surface area contributed by atoms with Crippen molar-refractivity contribution >= 4 is 11.9 Å². The monoisotopic (exact) mass is 155 g/mol. The third-order valence-corrected chi connectivity index (χ3v) is 1.36. The van der Waals surface area contributed by atoms with Crippen molar-refractivity contribution in [1.82, 2.24) is 10.2 Å². The zero-order valence-corrected chi connectivity index (χ0v) is 5.91. The van der Waals surface area contributed by atoms with Crippen LogP contribution in [-0.2, 0) is 4.79 Å². The van der Waals surface area contributed by atoms with E-state index in [1.807, 2.05) is 0 Å². The van der Waals surface area contributed by atoms with Crippen LogP contribution in [0.15, 0.2) is 12.3 Å². The molecule has 1 heterocycles. The number of urea groups is 1. The molecule has 3 amide bonds. The summed E-state index contributed by atoms with van der Waals surface area (Å²) in [6.07, 6.45) is 2.85. The molecule has 1 fully saturated rings. The number of carbonyl (C=O) groups is 2. The quantitative estimate of drug-likeness (QED) is 0.503. The predicted octanol–water partition coefficient (Wildman–Crippen LogP) is -0.989. The van der Waals surface area contributed by atoms with Gasteiger partial charge in [0.1, 0.15) is 0 Å². The Morgan fingerprint density at radius 3 is 2.82 bits per heavy atom. The second-order valence-electron chi connectivity index (χ2n) is 2.09. The molecule has 1 saturated heterocycles. The fourth-order valence-corrected chi connectivity index (χ4v) is 0.806. The maximum absolute atomic E-state index is 10.9. The molecule has 0 aromatic heterocycles. The zero-order valence-electron chi connectivity index (χ0n) is 5.91. The first-order chi connectivity index (χ1) is 5.25. The standard InChI is InChI=1S/C6H9N3O2/c7-2-1-3-9-5(10)4-8-6(9)11/h1-2H,3-4,7H2,(H,8,11). The van der Waals surface area contributed by atoms with Crippen LogP contribution in [0.25, 0.3) is 0 Å². The Bertz CT molecular complexity index is 196. The number of nitrogens with one attached hydrogen (secondary N) is 1. The minimum absolute atomic E-state index is 0.0945. The lowest BCUT2D eigenvalue weighted by Gasteiger charge is -2.07. The molecule has 0 saturated carbocycles. The highest BCUT2D eigenvalue weighted by Crippen LogP contribution is 1.97. The summed E-state index contributed by atoms with van der Waals surface area (Å²) in [6, 6.07) is -0.354. The molecule has 0 aromatic rings. The summed E-state index contributed by atoms with van der Waals surface area (Å²) in [5, 5.41) is 2.39. The Labute approximate surface area is 63.8 Å². The molecule has 0 aromatic carbocycles. The number of nitrogens with two attached hydrogens (primary N) is 1. The van der Waals surface area contributed by atoms with E-state index in [0.29, 0.717) is 0 Å². The van der Waals surface area contributed by atoms with E-state index in [1.165, 1.54) is 6.20 Å². The summed E-state index contributed by atoms with van der Waals surface area (Å²) in [6.45, 7) is 0.346. The molecule has 0 radical (unpaired) electrons. The second-order valence-corrected chi connectivity index (χ2v) is 2.09. The minimum atomic E-state index is -0.354. The molecule has 3 N–H and O–H groups in total. The average Bonchev–Trinajstić information content (AvgIpc) is 2.29. The van der Waals surface area contributed by atoms with Gasteiger partial charge < -0.3 is 11.1 Å². The van der Waals surface area contributed by atoms with Gasteiger partial charge in [0.05, 0.1) is 13.1 Å². The van der Waals surface area contributed by atoms with Crippen molar-refractivity contribution in [3.63, 3.8) is 0 Å². The van der Waals surface area contributed by atoms with Crippen molar-refractivity contribution in [3.8, 4) is 0 Å². The zero-order chi connectivity index (χ0) is 8.27. The molecule has 0 bridgehead atoms. The molecular formula is C6H9N3O2. The third-order valence-electron chi connectivity index (χ3n) is 1.36. The highest BCUT2D eigenvalue weighted by atomic mass is 16.2. The van der Waals surface area contributed by atoms with Crippen molar-refractivity contribution in [2.75, 3.05) is 13.1 Å². The lowest BCUT2D eigenvalue weighted by molar-refractivity contribution is -0.124. The fraction of sp³-hybridized carbons (Fsp3) is 0.333. The number of rotatable bonds is 2. The van der Waals surface area contributed by atoms with E-state index in [-0.39, 0.29) is 25.0 Å². The van der Waals surface area contributed by atoms with Gasteiger partial charge in [-0.1, -0.05) is 0 Å². The minimum Gasteiger partial charge on any atom is -0.405 e. The maximum Gasteiger partial charge on any atom is 0.324 e. The highest BCUT2D eigenvalue weighted by Gasteiger charge is 2.26. The van der Waals surface area contributed by atoms with Crippen LogP contribution in [0.3, 0.4) is 0 Å². The van der Waals surface area contributed by atoms with Crippen molar-refractivity contribution in [2.45, 2.75) is 0 Å². The second kappa shape index (κ2) is 3.05. The Hall–Kier alpha value is -1.52. The van der Waals surface area contributed by atoms with Crippen molar-refractivity contribution in [3.05, 3.63) is 12.3 Å². The molecule has 11 heavy (non-hydrogen) atoms. The number of nitrogens with zero attached hydrogens (tertiary/aromatic N) is 1. The van der Waals surface area contributed by atoms with Gasteiger partial charge >= 0.3 is 6.03 Å². The molecule has 0 aliphatic carbocycles. The van der Waals surface area contributed by atoms with Crippen molar-refractivity contribution in [2.24, 2.45) is 5.73 Å². The molecule has 1 aliphatic rings. The van der Waals surface area contributed by atoms with E-state index in [2.05, 4.69) is 5.32 Å². The van der Waals surface area contributed by atoms with Gasteiger partial charge in [-0.05, 0) is 12.3 Å². The van der Waals surface area contributed by atoms with Crippen molar-refractivity contribution in [1.29, 1.82) is 0 Å². The van der Waals surface area contributed by atoms with Gasteiger partial charge in [0.2, 0.25) is 5.91 Å². The smallest absolute Gasteiger partial charge is 0.324 e. The Morgan fingerprint density at radius 1 is 1.64 bits per heavy atom. The van der Waals surface area contributed by atoms with Crippen LogP contribution in [-0.4, -0.2) is 29.9 Å². The number of hydrogen-bond acceptors (Lipinski definition) is 3. The Balaban J connectivity index is 2.54. The molecule has 1 rings (SSSR count). The summed E-state index contributed by atoms with van der Waals surface area (Å²) in [5.41, 5.74) is 5.05. The van der Waals surface area contributed by atoms with Crippen LogP contribution in [0, 0.1) is 0 Å². The number of amides is 3. The lowest BCUT2D eigenvalue weighted by atomic mass is 10.5. The molecule has 0 spiro atoms. The summed E-state index contributed by atoms with van der Waals surface area (Å²) in [4.78, 5) is 22.8. The van der Waals surface area contributed by atoms with E-state index in [0.717, 1.165) is 4.90 Å². The van der Waals surface area contributed by atoms with Crippen LogP contribution in [0.2, 0.25) is 0 Å². The molecule has 5 heteroatoms. The number of carbonyl (C=O) groups excluding carboxylic acids is 2. The predicted molar refractivity (Wildman–Crippen MR) is 38.4 cm³/mol. The van der Waals surface area contributed by atoms with Gasteiger partial charge in [0.25, 0.3) is 0 Å². The highest BCUT2D eigenvalue weighted by molar-refractivity contribution is 6.02. The SMILES string of the molecule is NC=CCN1C(=O)CNC1=O. The topological polar surface area (TPSA) is 75.4 Å². The summed E-state index contributed by atoms with van der Waals surface area (Å²) >= 11 is 0. The van der Waals surface area contributed by atoms with Gasteiger partial charge in [0.15, 0.2) is 0 Å². The van der Waals surface area contributed by atoms with Gasteiger partial charge in [-0.15, -0.1) is 0 Å². The van der Waals surface area contributed by atoms with Crippen LogP contribution in [0.4, 0.5) is 4.79 Å². The maximum atomic E-state index is 10.9. The van der Waals surface area contributed by atoms with Gasteiger partial charge in [-0.25, -0.2) is 4.79 Å². The Kier molecular flexibility index (Phi) is 2.10. The molecule has 60 valence electrons. The van der Waals surface area contributed by atoms with E-state index < -0.39 is 0 Å². The van der Waals surface area contributed by atoms with Crippen LogP contribution in [0.5, 0.6) is 0 Å². The lowest BCUT2D eigenvalue weighted by Crippen LogP contribution is -2.31. The molecule has 0 unspecified atom stereocenters. The van der Waals surface area contributed by atoms with Crippen LogP contribution >= 0.6 is 0 Å². The van der Waals surface area contributed by atoms with E-state index >= 15 is 0 Å². The summed E-state index contributed by atoms with van der Waals surface area (Å²) in [7, 11) is 0. The van der Waals surface area contributed by atoms with E-state index in [4.69, 9.17) is 5.73 Å². The fourth-order valence-electron chi connectivity index (χ4n) is 0.806. The number of hydrogen-bond donors (Lipinski definition) is 2. The first kappa shape index (κ1) is 7.59. The molecular weight excluding hydrogens is 146 g/mol. The third kappa shape index (κ3) is 1.49. The van der Waals surface area contributed by atoms with Gasteiger partial charge in [0, 0.05) is 0 Å². The van der Waals surface area contributed by atoms with Gasteiger partial charge in [-0.2, -0.15) is 0 Å². The van der Waals surface area contributed by atoms with Crippen molar-refractivity contribution < 1.29 is 9.59 Å². The molecule has 1 aliphatic heterocycles. The normalized spacial score (nSPS) is 18.0.